The van der Waals surface area contributed by atoms with E-state index in [1.807, 2.05) is 48.5 Å². The third-order valence-electron chi connectivity index (χ3n) is 4.84. The summed E-state index contributed by atoms with van der Waals surface area (Å²) in [5.41, 5.74) is 2.42. The molecular weight excluding hydrogens is 422 g/mol. The highest BCUT2D eigenvalue weighted by Crippen LogP contribution is 2.21. The molecule has 7 heteroatoms. The number of benzene rings is 3. The summed E-state index contributed by atoms with van der Waals surface area (Å²) in [6.45, 7) is 0. The molecule has 0 saturated heterocycles. The van der Waals surface area contributed by atoms with Crippen LogP contribution in [0.2, 0.25) is 0 Å². The number of aromatic nitrogens is 1. The van der Waals surface area contributed by atoms with E-state index in [1.165, 1.54) is 24.3 Å². The Bertz CT molecular complexity index is 1240. The zero-order chi connectivity index (χ0) is 22.4. The summed E-state index contributed by atoms with van der Waals surface area (Å²) in [5.74, 6) is -0.329. The molecule has 1 heterocycles. The number of nitrogens with zero attached hydrogens (tertiary/aromatic N) is 1. The van der Waals surface area contributed by atoms with Gasteiger partial charge in [0.25, 0.3) is 15.9 Å². The summed E-state index contributed by atoms with van der Waals surface area (Å²) in [5, 5.41) is 3.00. The van der Waals surface area contributed by atoms with Crippen molar-refractivity contribution in [1.82, 2.24) is 10.3 Å². The van der Waals surface area contributed by atoms with Gasteiger partial charge in [0, 0.05) is 17.4 Å². The summed E-state index contributed by atoms with van der Waals surface area (Å²) in [7, 11) is -3.76. The van der Waals surface area contributed by atoms with Gasteiger partial charge >= 0.3 is 0 Å². The number of amides is 1. The number of nitrogens with one attached hydrogen (secondary N) is 2. The Labute approximate surface area is 187 Å². The number of hydrogen-bond donors (Lipinski definition) is 2. The highest BCUT2D eigenvalue weighted by molar-refractivity contribution is 7.92. The number of para-hydroxylation sites is 1. The van der Waals surface area contributed by atoms with Gasteiger partial charge in [-0.3, -0.25) is 14.5 Å². The van der Waals surface area contributed by atoms with Crippen molar-refractivity contribution in [2.75, 3.05) is 4.72 Å². The second-order valence-electron chi connectivity index (χ2n) is 7.07. The minimum Gasteiger partial charge on any atom is -0.340 e. The molecule has 32 heavy (non-hydrogen) atoms. The number of hydrogen-bond acceptors (Lipinski definition) is 4. The van der Waals surface area contributed by atoms with Gasteiger partial charge in [0.1, 0.15) is 0 Å². The Morgan fingerprint density at radius 1 is 0.750 bits per heavy atom. The number of rotatable bonds is 7. The molecule has 0 fully saturated rings. The molecule has 4 aromatic rings. The first kappa shape index (κ1) is 21.3. The molecule has 2 N–H and O–H groups in total. The molecule has 0 aliphatic carbocycles. The van der Waals surface area contributed by atoms with E-state index in [0.29, 0.717) is 16.9 Å². The largest absolute Gasteiger partial charge is 0.340 e. The fourth-order valence-corrected chi connectivity index (χ4v) is 4.30. The van der Waals surface area contributed by atoms with Gasteiger partial charge in [-0.2, -0.15) is 0 Å². The molecule has 0 saturated carbocycles. The first-order chi connectivity index (χ1) is 15.5. The Balaban J connectivity index is 1.54. The van der Waals surface area contributed by atoms with Crippen molar-refractivity contribution >= 4 is 21.6 Å². The van der Waals surface area contributed by atoms with Crippen molar-refractivity contribution in [3.8, 4) is 0 Å². The van der Waals surface area contributed by atoms with E-state index in [1.54, 1.807) is 36.5 Å². The Morgan fingerprint density at radius 3 is 2.00 bits per heavy atom. The molecular formula is C25H21N3O3S. The van der Waals surface area contributed by atoms with Gasteiger partial charge in [-0.1, -0.05) is 54.6 Å². The Kier molecular flexibility index (Phi) is 6.28. The number of carbonyl (C=O) groups is 1. The highest BCUT2D eigenvalue weighted by atomic mass is 32.2. The van der Waals surface area contributed by atoms with E-state index in [-0.39, 0.29) is 10.8 Å². The fourth-order valence-electron chi connectivity index (χ4n) is 3.24. The van der Waals surface area contributed by atoms with Gasteiger partial charge in [-0.05, 0) is 54.1 Å². The quantitative estimate of drug-likeness (QED) is 0.443. The molecule has 1 aromatic heterocycles. The van der Waals surface area contributed by atoms with Gasteiger partial charge in [0.05, 0.1) is 16.6 Å². The zero-order valence-corrected chi connectivity index (χ0v) is 17.9. The molecule has 1 atom stereocenters. The van der Waals surface area contributed by atoms with Gasteiger partial charge in [-0.15, -0.1) is 0 Å². The van der Waals surface area contributed by atoms with Gasteiger partial charge in [-0.25, -0.2) is 8.42 Å². The van der Waals surface area contributed by atoms with E-state index in [0.717, 1.165) is 5.56 Å². The lowest BCUT2D eigenvalue weighted by molar-refractivity contribution is 0.0942. The van der Waals surface area contributed by atoms with E-state index >= 15 is 0 Å². The molecule has 0 aliphatic heterocycles. The third-order valence-corrected chi connectivity index (χ3v) is 6.24. The van der Waals surface area contributed by atoms with Gasteiger partial charge in [0.15, 0.2) is 0 Å². The zero-order valence-electron chi connectivity index (χ0n) is 17.0. The minimum atomic E-state index is -3.76. The molecule has 160 valence electrons. The second kappa shape index (κ2) is 9.45. The second-order valence-corrected chi connectivity index (χ2v) is 8.75. The van der Waals surface area contributed by atoms with Crippen LogP contribution in [0.3, 0.4) is 0 Å². The van der Waals surface area contributed by atoms with Gasteiger partial charge < -0.3 is 5.32 Å². The van der Waals surface area contributed by atoms with Crippen molar-refractivity contribution in [3.63, 3.8) is 0 Å². The van der Waals surface area contributed by atoms with Crippen LogP contribution in [0.25, 0.3) is 0 Å². The van der Waals surface area contributed by atoms with Crippen molar-refractivity contribution in [3.05, 3.63) is 126 Å². The summed E-state index contributed by atoms with van der Waals surface area (Å²) < 4.78 is 27.7. The summed E-state index contributed by atoms with van der Waals surface area (Å²) in [4.78, 5) is 17.4. The maximum Gasteiger partial charge on any atom is 0.261 e. The predicted molar refractivity (Wildman–Crippen MR) is 124 cm³/mol. The van der Waals surface area contributed by atoms with Crippen molar-refractivity contribution in [2.45, 2.75) is 10.9 Å². The van der Waals surface area contributed by atoms with Crippen molar-refractivity contribution in [2.24, 2.45) is 0 Å². The molecule has 1 unspecified atom stereocenters. The Morgan fingerprint density at radius 2 is 1.38 bits per heavy atom. The lowest BCUT2D eigenvalue weighted by Gasteiger charge is -2.19. The molecule has 4 rings (SSSR count). The number of anilines is 1. The first-order valence-corrected chi connectivity index (χ1v) is 11.5. The lowest BCUT2D eigenvalue weighted by Crippen LogP contribution is -2.30. The van der Waals surface area contributed by atoms with E-state index < -0.39 is 16.1 Å². The topological polar surface area (TPSA) is 88.2 Å². The molecule has 0 bridgehead atoms. The maximum absolute atomic E-state index is 12.9. The molecule has 0 radical (unpaired) electrons. The van der Waals surface area contributed by atoms with Crippen LogP contribution < -0.4 is 10.0 Å². The van der Waals surface area contributed by atoms with Crippen LogP contribution in [0, 0.1) is 0 Å². The van der Waals surface area contributed by atoms with E-state index in [9.17, 15) is 13.2 Å². The van der Waals surface area contributed by atoms with Crippen molar-refractivity contribution < 1.29 is 13.2 Å². The average molecular weight is 444 g/mol. The molecule has 1 amide bonds. The van der Waals surface area contributed by atoms with Crippen LogP contribution in [-0.4, -0.2) is 19.3 Å². The summed E-state index contributed by atoms with van der Waals surface area (Å²) in [6, 6.07) is 29.1. The van der Waals surface area contributed by atoms with Crippen LogP contribution in [0.5, 0.6) is 0 Å². The average Bonchev–Trinajstić information content (AvgIpc) is 2.84. The fraction of sp³-hybridized carbons (Fsp3) is 0.0400. The summed E-state index contributed by atoms with van der Waals surface area (Å²) in [6.07, 6.45) is 1.68. The standard InChI is InChI=1S/C25H21N3O3S/c29-25(27-24(19-9-3-1-4-10-19)23-13-7-8-18-26-23)20-14-16-22(17-15-20)32(30,31)28-21-11-5-2-6-12-21/h1-18,24,28H,(H,27,29). The number of pyridine rings is 1. The first-order valence-electron chi connectivity index (χ1n) is 9.97. The van der Waals surface area contributed by atoms with E-state index in [4.69, 9.17) is 0 Å². The Hall–Kier alpha value is -3.97. The van der Waals surface area contributed by atoms with Crippen LogP contribution >= 0.6 is 0 Å². The lowest BCUT2D eigenvalue weighted by atomic mass is 10.0. The van der Waals surface area contributed by atoms with Crippen molar-refractivity contribution in [1.29, 1.82) is 0 Å². The summed E-state index contributed by atoms with van der Waals surface area (Å²) >= 11 is 0. The van der Waals surface area contributed by atoms with Gasteiger partial charge in [0.2, 0.25) is 0 Å². The molecule has 6 nitrogen and oxygen atoms in total. The van der Waals surface area contributed by atoms with Crippen LogP contribution in [0.15, 0.2) is 114 Å². The molecule has 0 spiro atoms. The highest BCUT2D eigenvalue weighted by Gasteiger charge is 2.20. The van der Waals surface area contributed by atoms with Crippen LogP contribution in [-0.2, 0) is 10.0 Å². The number of sulfonamides is 1. The SMILES string of the molecule is O=C(NC(c1ccccc1)c1ccccn1)c1ccc(S(=O)(=O)Nc2ccccc2)cc1. The molecule has 0 aliphatic rings. The van der Waals surface area contributed by atoms with Crippen LogP contribution in [0.4, 0.5) is 5.69 Å². The third kappa shape index (κ3) is 5.01. The smallest absolute Gasteiger partial charge is 0.261 e. The van der Waals surface area contributed by atoms with E-state index in [2.05, 4.69) is 15.0 Å². The monoisotopic (exact) mass is 443 g/mol. The maximum atomic E-state index is 12.9. The predicted octanol–water partition coefficient (Wildman–Crippen LogP) is 4.40. The molecule has 3 aromatic carbocycles. The van der Waals surface area contributed by atoms with Crippen LogP contribution in [0.1, 0.15) is 27.7 Å². The normalized spacial score (nSPS) is 12.0. The minimum absolute atomic E-state index is 0.0715. The number of carbonyl (C=O) groups excluding carboxylic acids is 1.